The van der Waals surface area contributed by atoms with E-state index in [1.165, 1.54) is 23.1 Å². The molecule has 0 saturated heterocycles. The molecule has 0 unspecified atom stereocenters. The van der Waals surface area contributed by atoms with Gasteiger partial charge in [-0.3, -0.25) is 4.79 Å². The third kappa shape index (κ3) is 3.87. The molecule has 154 valence electrons. The minimum absolute atomic E-state index is 0.148. The molecule has 0 aliphatic rings. The highest BCUT2D eigenvalue weighted by Crippen LogP contribution is 2.35. The average molecular weight is 467 g/mol. The molecule has 0 aliphatic carbocycles. The summed E-state index contributed by atoms with van der Waals surface area (Å²) in [5.74, 6) is 0.578. The lowest BCUT2D eigenvalue weighted by Crippen LogP contribution is -2.12. The van der Waals surface area contributed by atoms with Crippen LogP contribution in [-0.2, 0) is 0 Å². The second-order valence-electron chi connectivity index (χ2n) is 6.76. The number of fused-ring (bicyclic) bond motifs is 1. The molecule has 3 heterocycles. The Morgan fingerprint density at radius 2 is 1.90 bits per heavy atom. The van der Waals surface area contributed by atoms with Gasteiger partial charge in [0.05, 0.1) is 16.3 Å². The van der Waals surface area contributed by atoms with Crippen LogP contribution < -0.4 is 5.56 Å². The van der Waals surface area contributed by atoms with Gasteiger partial charge in [-0.2, -0.15) is 4.68 Å². The van der Waals surface area contributed by atoms with Crippen molar-refractivity contribution in [2.45, 2.75) is 17.3 Å². The van der Waals surface area contributed by atoms with Crippen LogP contribution >= 0.6 is 34.7 Å². The molecule has 31 heavy (non-hydrogen) atoms. The van der Waals surface area contributed by atoms with E-state index in [-0.39, 0.29) is 10.8 Å². The zero-order valence-corrected chi connectivity index (χ0v) is 18.6. The van der Waals surface area contributed by atoms with E-state index in [4.69, 9.17) is 16.6 Å². The van der Waals surface area contributed by atoms with Crippen molar-refractivity contribution in [3.05, 3.63) is 81.2 Å². The summed E-state index contributed by atoms with van der Waals surface area (Å²) >= 11 is 8.85. The molecule has 0 amide bonds. The Balaban J connectivity index is 1.47. The number of halogens is 1. The Morgan fingerprint density at radius 3 is 2.68 bits per heavy atom. The maximum atomic E-state index is 12.9. The third-order valence-electron chi connectivity index (χ3n) is 4.73. The zero-order valence-electron chi connectivity index (χ0n) is 16.2. The molecule has 0 aliphatic heterocycles. The van der Waals surface area contributed by atoms with E-state index < -0.39 is 0 Å². The summed E-state index contributed by atoms with van der Waals surface area (Å²) in [4.78, 5) is 21.3. The molecule has 0 saturated carbocycles. The highest BCUT2D eigenvalue weighted by Gasteiger charge is 2.19. The number of hydrogen-bond acceptors (Lipinski definition) is 7. The largest absolute Gasteiger partial charge is 0.309 e. The zero-order chi connectivity index (χ0) is 21.4. The van der Waals surface area contributed by atoms with Gasteiger partial charge in [0.2, 0.25) is 5.16 Å². The fraction of sp³-hybridized carbons (Fsp3) is 0.0952. The number of H-pyrrole nitrogens is 1. The lowest BCUT2D eigenvalue weighted by atomic mass is 10.1. The third-order valence-corrected chi connectivity index (χ3v) is 6.89. The highest BCUT2D eigenvalue weighted by molar-refractivity contribution is 7.99. The second kappa shape index (κ2) is 8.26. The Labute approximate surface area is 190 Å². The number of benzene rings is 2. The number of nitrogens with zero attached hydrogens (tertiary/aromatic N) is 5. The van der Waals surface area contributed by atoms with E-state index in [0.29, 0.717) is 26.2 Å². The van der Waals surface area contributed by atoms with Gasteiger partial charge < -0.3 is 4.98 Å². The number of rotatable bonds is 5. The Kier molecular flexibility index (Phi) is 5.31. The lowest BCUT2D eigenvalue weighted by molar-refractivity contribution is 0.754. The molecule has 2 aromatic carbocycles. The van der Waals surface area contributed by atoms with Crippen molar-refractivity contribution in [1.29, 1.82) is 0 Å². The monoisotopic (exact) mass is 466 g/mol. The molecular formula is C21H15ClN6OS2. The normalized spacial score (nSPS) is 12.3. The van der Waals surface area contributed by atoms with E-state index in [2.05, 4.69) is 20.5 Å². The van der Waals surface area contributed by atoms with Crippen LogP contribution in [0.5, 0.6) is 0 Å². The standard InChI is InChI=1S/C21H15ClN6OS2/c1-12(31-21-25-26-27-28(21)15-9-7-14(22)8-10-15)18-23-19(29)17-16(11-30-20(17)24-18)13-5-3-2-4-6-13/h2-12H,1H3,(H,23,24,29)/t12-/m0/s1. The van der Waals surface area contributed by atoms with Gasteiger partial charge in [0.25, 0.3) is 5.56 Å². The van der Waals surface area contributed by atoms with E-state index in [1.807, 2.05) is 54.8 Å². The van der Waals surface area contributed by atoms with Crippen molar-refractivity contribution in [1.82, 2.24) is 30.2 Å². The van der Waals surface area contributed by atoms with E-state index in [9.17, 15) is 4.79 Å². The quantitative estimate of drug-likeness (QED) is 0.361. The summed E-state index contributed by atoms with van der Waals surface area (Å²) in [5.41, 5.74) is 2.54. The van der Waals surface area contributed by atoms with Gasteiger partial charge >= 0.3 is 0 Å². The number of nitrogens with one attached hydrogen (secondary N) is 1. The average Bonchev–Trinajstić information content (AvgIpc) is 3.42. The molecule has 0 radical (unpaired) electrons. The smallest absolute Gasteiger partial charge is 0.260 e. The summed E-state index contributed by atoms with van der Waals surface area (Å²) in [6.07, 6.45) is 0. The lowest BCUT2D eigenvalue weighted by Gasteiger charge is -2.10. The van der Waals surface area contributed by atoms with Crippen LogP contribution in [0.3, 0.4) is 0 Å². The van der Waals surface area contributed by atoms with Gasteiger partial charge in [-0.05, 0) is 47.2 Å². The van der Waals surface area contributed by atoms with Crippen molar-refractivity contribution >= 4 is 44.9 Å². The predicted octanol–water partition coefficient (Wildman–Crippen LogP) is 5.13. The minimum atomic E-state index is -0.170. The molecule has 0 spiro atoms. The van der Waals surface area contributed by atoms with Crippen molar-refractivity contribution in [2.75, 3.05) is 0 Å². The maximum Gasteiger partial charge on any atom is 0.260 e. The first kappa shape index (κ1) is 19.9. The van der Waals surface area contributed by atoms with Crippen LogP contribution in [0.2, 0.25) is 5.02 Å². The first-order chi connectivity index (χ1) is 15.1. The molecule has 0 fully saturated rings. The molecule has 3 aromatic heterocycles. The highest BCUT2D eigenvalue weighted by atomic mass is 35.5. The van der Waals surface area contributed by atoms with Crippen molar-refractivity contribution in [3.8, 4) is 16.8 Å². The van der Waals surface area contributed by atoms with Crippen molar-refractivity contribution in [2.24, 2.45) is 0 Å². The van der Waals surface area contributed by atoms with Crippen LogP contribution in [0.15, 0.2) is 69.9 Å². The predicted molar refractivity (Wildman–Crippen MR) is 124 cm³/mol. The molecule has 5 aromatic rings. The Hall–Kier alpha value is -3.01. The summed E-state index contributed by atoms with van der Waals surface area (Å²) in [6.45, 7) is 1.96. The second-order valence-corrected chi connectivity index (χ2v) is 9.36. The number of hydrogen-bond donors (Lipinski definition) is 1. The topological polar surface area (TPSA) is 89.3 Å². The first-order valence-electron chi connectivity index (χ1n) is 9.38. The van der Waals surface area contributed by atoms with E-state index >= 15 is 0 Å². The van der Waals surface area contributed by atoms with Crippen LogP contribution in [0.4, 0.5) is 0 Å². The van der Waals surface area contributed by atoms with Gasteiger partial charge in [-0.1, -0.05) is 53.7 Å². The molecular weight excluding hydrogens is 452 g/mol. The van der Waals surface area contributed by atoms with Crippen molar-refractivity contribution in [3.63, 3.8) is 0 Å². The van der Waals surface area contributed by atoms with E-state index in [1.54, 1.807) is 16.8 Å². The van der Waals surface area contributed by atoms with Gasteiger partial charge in [0.1, 0.15) is 10.7 Å². The van der Waals surface area contributed by atoms with Gasteiger partial charge in [-0.15, -0.1) is 16.4 Å². The molecule has 0 bridgehead atoms. The summed E-state index contributed by atoms with van der Waals surface area (Å²) < 4.78 is 1.63. The summed E-state index contributed by atoms with van der Waals surface area (Å²) in [7, 11) is 0. The van der Waals surface area contributed by atoms with Crippen LogP contribution in [0, 0.1) is 0 Å². The van der Waals surface area contributed by atoms with Crippen LogP contribution in [-0.4, -0.2) is 30.2 Å². The first-order valence-corrected chi connectivity index (χ1v) is 11.5. The van der Waals surface area contributed by atoms with Gasteiger partial charge in [-0.25, -0.2) is 4.98 Å². The molecule has 1 atom stereocenters. The Bertz CT molecular complexity index is 1410. The van der Waals surface area contributed by atoms with Crippen LogP contribution in [0.1, 0.15) is 18.0 Å². The van der Waals surface area contributed by atoms with Gasteiger partial charge in [0.15, 0.2) is 0 Å². The number of thioether (sulfide) groups is 1. The Morgan fingerprint density at radius 1 is 1.13 bits per heavy atom. The molecule has 5 rings (SSSR count). The van der Waals surface area contributed by atoms with Gasteiger partial charge in [0, 0.05) is 16.0 Å². The molecule has 10 heteroatoms. The number of tetrazole rings is 1. The minimum Gasteiger partial charge on any atom is -0.309 e. The van der Waals surface area contributed by atoms with E-state index in [0.717, 1.165) is 16.8 Å². The molecule has 7 nitrogen and oxygen atoms in total. The number of aromatic amines is 1. The number of aromatic nitrogens is 6. The van der Waals surface area contributed by atoms with Crippen LogP contribution in [0.25, 0.3) is 27.0 Å². The summed E-state index contributed by atoms with van der Waals surface area (Å²) in [5, 5.41) is 15.6. The SMILES string of the molecule is C[C@H](Sc1nnnn1-c1ccc(Cl)cc1)c1nc2scc(-c3ccccc3)c2c(=O)[nH]1. The fourth-order valence-electron chi connectivity index (χ4n) is 3.20. The molecule has 1 N–H and O–H groups in total. The number of thiophene rings is 1. The summed E-state index contributed by atoms with van der Waals surface area (Å²) in [6, 6.07) is 17.1. The van der Waals surface area contributed by atoms with Crippen molar-refractivity contribution < 1.29 is 0 Å². The maximum absolute atomic E-state index is 12.9. The fourth-order valence-corrected chi connectivity index (χ4v) is 5.14.